The number of hydrogen-bond acceptors (Lipinski definition) is 21. The maximum atomic E-state index is 14.7. The molecule has 0 radical (unpaired) electrons. The van der Waals surface area contributed by atoms with Gasteiger partial charge in [-0.2, -0.15) is 0 Å². The SMILES string of the molecule is CC(=O)Oc1ccc(C[C@H](N)C(=O)NCC(=O)N[C@@H](CCCN=C(N)N)C(=O)N[C@@H](CCCCN)C(=O)N[C@@H](CCCCN)C(=O)N[C@@H](CCCN=C(N)N)C(=O)N[C@@H](CCCN=C(N)N)C(=O)N[C@@H](CCC(N)=O)C(=O)N[C@@H](CCCN=C(N)N)C(=O)N[C@@H](CCCN=C(N)N)C(=O)O)cc1. The van der Waals surface area contributed by atoms with Crippen molar-refractivity contribution in [2.45, 2.75) is 183 Å². The molecular weight excluding hydrogens is 1340 g/mol. The second kappa shape index (κ2) is 50.4. The number of esters is 1. The van der Waals surface area contributed by atoms with Crippen molar-refractivity contribution in [3.63, 3.8) is 0 Å². The summed E-state index contributed by atoms with van der Waals surface area (Å²) in [4.78, 5) is 183. The average molecular weight is 1450 g/mol. The smallest absolute Gasteiger partial charge is 0.326 e. The van der Waals surface area contributed by atoms with Gasteiger partial charge in [0.15, 0.2) is 29.8 Å². The first-order chi connectivity index (χ1) is 48.3. The first-order valence-electron chi connectivity index (χ1n) is 33.2. The maximum absolute atomic E-state index is 14.7. The number of carboxylic acid groups (broad SMARTS) is 1. The number of aliphatic carboxylic acids is 1. The highest BCUT2D eigenvalue weighted by molar-refractivity contribution is 5.98. The quantitative estimate of drug-likeness (QED) is 0.00947. The van der Waals surface area contributed by atoms with Crippen LogP contribution in [0.5, 0.6) is 5.75 Å². The van der Waals surface area contributed by atoms with Crippen LogP contribution in [-0.4, -0.2) is 213 Å². The van der Waals surface area contributed by atoms with Gasteiger partial charge in [-0.05, 0) is 146 Å². The normalized spacial score (nSPS) is 13.4. The molecule has 38 N–H and O–H groups in total. The van der Waals surface area contributed by atoms with Crippen LogP contribution in [0.25, 0.3) is 0 Å². The highest BCUT2D eigenvalue weighted by atomic mass is 16.5. The zero-order valence-corrected chi connectivity index (χ0v) is 57.7. The Hall–Kier alpha value is -10.9. The Morgan fingerprint density at radius 3 is 0.961 bits per heavy atom. The zero-order valence-electron chi connectivity index (χ0n) is 57.7. The van der Waals surface area contributed by atoms with E-state index in [1.807, 2.05) is 0 Å². The zero-order chi connectivity index (χ0) is 76.7. The third-order valence-electron chi connectivity index (χ3n) is 14.8. The van der Waals surface area contributed by atoms with Gasteiger partial charge in [-0.1, -0.05) is 12.1 Å². The molecule has 0 saturated heterocycles. The summed E-state index contributed by atoms with van der Waals surface area (Å²) in [5, 5.41) is 33.0. The van der Waals surface area contributed by atoms with Gasteiger partial charge in [0, 0.05) is 46.1 Å². The summed E-state index contributed by atoms with van der Waals surface area (Å²) in [6, 6.07) is -6.87. The third-order valence-corrected chi connectivity index (χ3v) is 14.8. The molecule has 572 valence electrons. The Bertz CT molecular complexity index is 3020. The Morgan fingerprint density at radius 1 is 0.392 bits per heavy atom. The van der Waals surface area contributed by atoms with E-state index in [2.05, 4.69) is 72.8 Å². The number of aliphatic imine (C=N–C) groups is 5. The van der Waals surface area contributed by atoms with Crippen LogP contribution < -0.4 is 133 Å². The monoisotopic (exact) mass is 1440 g/mol. The number of carbonyl (C=O) groups excluding carboxylic acids is 11. The number of rotatable bonds is 53. The fraction of sp³-hybridized carbons (Fsp3) is 0.617. The maximum Gasteiger partial charge on any atom is 0.326 e. The van der Waals surface area contributed by atoms with Crippen LogP contribution in [0.3, 0.4) is 0 Å². The molecule has 0 heterocycles. The molecular formula is C60H108N28O14. The molecule has 10 amide bonds. The molecule has 42 heteroatoms. The Labute approximate surface area is 590 Å². The predicted octanol–water partition coefficient (Wildman–Crippen LogP) is -9.65. The summed E-state index contributed by atoms with van der Waals surface area (Å²) in [5.41, 5.74) is 79.0. The molecule has 1 rings (SSSR count). The van der Waals surface area contributed by atoms with Gasteiger partial charge in [-0.3, -0.25) is 77.7 Å². The van der Waals surface area contributed by atoms with Gasteiger partial charge in [-0.25, -0.2) is 4.79 Å². The van der Waals surface area contributed by atoms with E-state index in [0.717, 1.165) is 0 Å². The van der Waals surface area contributed by atoms with Crippen LogP contribution in [0.4, 0.5) is 0 Å². The topological polar surface area (TPSA) is 769 Å². The molecule has 0 saturated carbocycles. The number of unbranched alkanes of at least 4 members (excludes halogenated alkanes) is 2. The second-order valence-corrected chi connectivity index (χ2v) is 23.5. The van der Waals surface area contributed by atoms with E-state index in [1.54, 1.807) is 12.1 Å². The molecule has 0 spiro atoms. The molecule has 1 aromatic rings. The molecule has 102 heavy (non-hydrogen) atoms. The number of carbonyl (C=O) groups is 12. The number of carboxylic acids is 1. The van der Waals surface area contributed by atoms with Crippen molar-refractivity contribution in [1.82, 2.24) is 47.9 Å². The molecule has 0 aromatic heterocycles. The van der Waals surface area contributed by atoms with Crippen molar-refractivity contribution in [3.8, 4) is 5.75 Å². The first-order valence-corrected chi connectivity index (χ1v) is 33.2. The van der Waals surface area contributed by atoms with Crippen LogP contribution in [0.2, 0.25) is 0 Å². The van der Waals surface area contributed by atoms with E-state index in [-0.39, 0.29) is 178 Å². The lowest BCUT2D eigenvalue weighted by atomic mass is 10.0. The Morgan fingerprint density at radius 2 is 0.676 bits per heavy atom. The molecule has 42 nitrogen and oxygen atoms in total. The van der Waals surface area contributed by atoms with E-state index in [4.69, 9.17) is 85.0 Å². The number of primary amides is 1. The standard InChI is InChI=1S/C60H108N28O14/c1-33(89)102-35-20-18-34(19-21-35)31-36(63)47(92)80-32-46(91)81-37(13-6-26-75-56(65)66)48(93)82-38(11-2-4-24-61)49(94)83-39(12-3-5-25-62)50(95)84-40(14-7-27-76-57(67)68)51(96)85-41(15-8-28-77-58(69)70)52(97)87-43(22-23-45(64)90)54(99)86-42(16-9-29-78-59(71)72)53(98)88-44(55(100)101)17-10-30-79-60(73)74/h18-21,36-44H,2-17,22-32,61-63H2,1H3,(H2,64,90)(H,80,92)(H,81,91)(H,82,93)(H,83,94)(H,84,95)(H,85,96)(H,86,99)(H,87,97)(H,88,98)(H,100,101)(H4,65,66,75)(H4,67,68,76)(H4,69,70,77)(H4,71,72,78)(H4,73,74,79)/t36-,37-,38-,39-,40-,41-,42-,43-,44-/m0/s1. The van der Waals surface area contributed by atoms with Crippen molar-refractivity contribution in [2.75, 3.05) is 52.4 Å². The highest BCUT2D eigenvalue weighted by Crippen LogP contribution is 2.15. The van der Waals surface area contributed by atoms with Gasteiger partial charge in [0.05, 0.1) is 12.6 Å². The van der Waals surface area contributed by atoms with E-state index in [0.29, 0.717) is 18.4 Å². The van der Waals surface area contributed by atoms with E-state index < -0.39 is 145 Å². The number of nitrogens with zero attached hydrogens (tertiary/aromatic N) is 5. The predicted molar refractivity (Wildman–Crippen MR) is 379 cm³/mol. The summed E-state index contributed by atoms with van der Waals surface area (Å²) >= 11 is 0. The largest absolute Gasteiger partial charge is 0.480 e. The highest BCUT2D eigenvalue weighted by Gasteiger charge is 2.35. The van der Waals surface area contributed by atoms with E-state index >= 15 is 0 Å². The fourth-order valence-electron chi connectivity index (χ4n) is 9.59. The molecule has 0 aliphatic heterocycles. The second-order valence-electron chi connectivity index (χ2n) is 23.5. The van der Waals surface area contributed by atoms with Crippen LogP contribution in [-0.2, 0) is 64.0 Å². The minimum Gasteiger partial charge on any atom is -0.480 e. The summed E-state index contributed by atoms with van der Waals surface area (Å²) in [6.07, 6.45) is -0.350. The minimum atomic E-state index is -1.67. The van der Waals surface area contributed by atoms with Crippen LogP contribution in [0, 0.1) is 0 Å². The van der Waals surface area contributed by atoms with Crippen molar-refractivity contribution in [1.29, 1.82) is 0 Å². The molecule has 1 aromatic carbocycles. The average Bonchev–Trinajstić information content (AvgIpc) is 0.754. The molecule has 0 unspecified atom stereocenters. The molecule has 0 aliphatic rings. The lowest BCUT2D eigenvalue weighted by Gasteiger charge is -2.28. The molecule has 0 aliphatic carbocycles. The number of amides is 10. The number of hydrogen-bond donors (Lipinski definition) is 24. The van der Waals surface area contributed by atoms with Crippen molar-refractivity contribution < 1.29 is 67.4 Å². The summed E-state index contributed by atoms with van der Waals surface area (Å²) in [5.74, 6) is -12.2. The molecule has 9 atom stereocenters. The number of ether oxygens (including phenoxy) is 1. The van der Waals surface area contributed by atoms with Crippen LogP contribution in [0.1, 0.15) is 128 Å². The van der Waals surface area contributed by atoms with Gasteiger partial charge in [0.25, 0.3) is 0 Å². The fourth-order valence-corrected chi connectivity index (χ4v) is 9.59. The van der Waals surface area contributed by atoms with Crippen molar-refractivity contribution in [3.05, 3.63) is 29.8 Å². The molecule has 0 fully saturated rings. The Kier molecular flexibility index (Phi) is 44.0. The number of nitrogens with two attached hydrogens (primary N) is 14. The number of benzene rings is 1. The van der Waals surface area contributed by atoms with Crippen molar-refractivity contribution in [2.24, 2.45) is 105 Å². The summed E-state index contributed by atoms with van der Waals surface area (Å²) in [7, 11) is 0. The number of nitrogens with one attached hydrogen (secondary N) is 9. The van der Waals surface area contributed by atoms with E-state index in [1.165, 1.54) is 19.1 Å². The minimum absolute atomic E-state index is 0.00127. The van der Waals surface area contributed by atoms with Gasteiger partial charge in [0.1, 0.15) is 54.1 Å². The lowest BCUT2D eigenvalue weighted by Crippen LogP contribution is -2.60. The first kappa shape index (κ1) is 89.1. The third kappa shape index (κ3) is 40.9. The van der Waals surface area contributed by atoms with Gasteiger partial charge < -0.3 is 138 Å². The Balaban J connectivity index is 3.76. The van der Waals surface area contributed by atoms with Gasteiger partial charge in [-0.15, -0.1) is 0 Å². The van der Waals surface area contributed by atoms with Gasteiger partial charge in [0.2, 0.25) is 59.1 Å². The van der Waals surface area contributed by atoms with Crippen LogP contribution >= 0.6 is 0 Å². The van der Waals surface area contributed by atoms with E-state index in [9.17, 15) is 62.6 Å². The molecule has 0 bridgehead atoms. The van der Waals surface area contributed by atoms with Crippen molar-refractivity contribution >= 4 is 101 Å². The summed E-state index contributed by atoms with van der Waals surface area (Å²) < 4.78 is 5.04. The number of guanidine groups is 5. The summed E-state index contributed by atoms with van der Waals surface area (Å²) in [6.45, 7) is 0.829. The van der Waals surface area contributed by atoms with Gasteiger partial charge >= 0.3 is 11.9 Å². The lowest BCUT2D eigenvalue weighted by molar-refractivity contribution is -0.142. The van der Waals surface area contributed by atoms with Crippen LogP contribution in [0.15, 0.2) is 49.2 Å².